The van der Waals surface area contributed by atoms with E-state index >= 15 is 0 Å². The molecule has 2 N–H and O–H groups in total. The quantitative estimate of drug-likeness (QED) is 0.543. The fraction of sp³-hybridized carbons (Fsp3) is 0.391. The normalized spacial score (nSPS) is 19.9. The van der Waals surface area contributed by atoms with Gasteiger partial charge < -0.3 is 29.7 Å². The monoisotopic (exact) mass is 478 g/mol. The molecule has 2 amide bonds. The SMILES string of the molecule is CC1COCCN1c1nc(OC2CCOC2)nc(-c2ccc(NC(=O)Nc3cncnc3)cc2)n1. The minimum Gasteiger partial charge on any atom is -0.457 e. The van der Waals surface area contributed by atoms with Gasteiger partial charge in [-0.05, 0) is 31.2 Å². The van der Waals surface area contributed by atoms with Crippen molar-refractivity contribution in [1.82, 2.24) is 24.9 Å². The molecule has 3 aromatic rings. The minimum absolute atomic E-state index is 0.0830. The summed E-state index contributed by atoms with van der Waals surface area (Å²) < 4.78 is 17.0. The van der Waals surface area contributed by atoms with Gasteiger partial charge in [-0.15, -0.1) is 0 Å². The van der Waals surface area contributed by atoms with Crippen LogP contribution < -0.4 is 20.3 Å². The number of carbonyl (C=O) groups is 1. The van der Waals surface area contributed by atoms with Gasteiger partial charge in [-0.1, -0.05) is 0 Å². The first-order valence-corrected chi connectivity index (χ1v) is 11.4. The second-order valence-corrected chi connectivity index (χ2v) is 8.25. The van der Waals surface area contributed by atoms with E-state index < -0.39 is 6.03 Å². The lowest BCUT2D eigenvalue weighted by atomic mass is 10.2. The molecule has 5 rings (SSSR count). The van der Waals surface area contributed by atoms with Crippen LogP contribution in [0, 0.1) is 0 Å². The summed E-state index contributed by atoms with van der Waals surface area (Å²) >= 11 is 0. The van der Waals surface area contributed by atoms with Crippen LogP contribution in [-0.2, 0) is 9.47 Å². The number of ether oxygens (including phenoxy) is 3. The molecule has 0 spiro atoms. The van der Waals surface area contributed by atoms with Crippen molar-refractivity contribution < 1.29 is 19.0 Å². The number of aromatic nitrogens is 5. The van der Waals surface area contributed by atoms with Crippen LogP contribution in [0.4, 0.5) is 22.1 Å². The van der Waals surface area contributed by atoms with E-state index in [4.69, 9.17) is 19.2 Å². The van der Waals surface area contributed by atoms with Crippen LogP contribution >= 0.6 is 0 Å². The molecule has 4 heterocycles. The maximum Gasteiger partial charge on any atom is 0.323 e. The highest BCUT2D eigenvalue weighted by molar-refractivity contribution is 5.99. The lowest BCUT2D eigenvalue weighted by molar-refractivity contribution is 0.0977. The van der Waals surface area contributed by atoms with Crippen molar-refractivity contribution in [3.05, 3.63) is 43.0 Å². The summed E-state index contributed by atoms with van der Waals surface area (Å²) in [6.07, 6.45) is 5.13. The van der Waals surface area contributed by atoms with Crippen molar-refractivity contribution in [2.45, 2.75) is 25.5 Å². The lowest BCUT2D eigenvalue weighted by Gasteiger charge is -2.33. The van der Waals surface area contributed by atoms with E-state index in [1.54, 1.807) is 12.1 Å². The van der Waals surface area contributed by atoms with Gasteiger partial charge in [0.15, 0.2) is 5.82 Å². The van der Waals surface area contributed by atoms with Gasteiger partial charge in [-0.25, -0.2) is 14.8 Å². The molecule has 2 aromatic heterocycles. The molecular formula is C23H26N8O4. The van der Waals surface area contributed by atoms with Crippen LogP contribution in [-0.4, -0.2) is 76.1 Å². The number of hydrogen-bond acceptors (Lipinski definition) is 10. The molecular weight excluding hydrogens is 452 g/mol. The molecule has 2 atom stereocenters. The number of nitrogens with one attached hydrogen (secondary N) is 2. The van der Waals surface area contributed by atoms with E-state index in [2.05, 4.69) is 42.4 Å². The first kappa shape index (κ1) is 22.9. The van der Waals surface area contributed by atoms with Gasteiger partial charge in [0, 0.05) is 24.2 Å². The van der Waals surface area contributed by atoms with Crippen LogP contribution in [0.1, 0.15) is 13.3 Å². The summed E-state index contributed by atoms with van der Waals surface area (Å²) in [6, 6.07) is 7.24. The molecule has 2 fully saturated rings. The maximum atomic E-state index is 12.2. The second-order valence-electron chi connectivity index (χ2n) is 8.25. The van der Waals surface area contributed by atoms with Crippen molar-refractivity contribution in [3.8, 4) is 17.4 Å². The van der Waals surface area contributed by atoms with Crippen LogP contribution in [0.25, 0.3) is 11.4 Å². The number of hydrogen-bond donors (Lipinski definition) is 2. The Balaban J connectivity index is 1.35. The van der Waals surface area contributed by atoms with Gasteiger partial charge >= 0.3 is 12.0 Å². The molecule has 2 unspecified atom stereocenters. The third-order valence-electron chi connectivity index (χ3n) is 5.61. The van der Waals surface area contributed by atoms with Gasteiger partial charge in [-0.2, -0.15) is 15.0 Å². The first-order valence-electron chi connectivity index (χ1n) is 11.4. The summed E-state index contributed by atoms with van der Waals surface area (Å²) in [4.78, 5) is 36.0. The third kappa shape index (κ3) is 5.78. The summed E-state index contributed by atoms with van der Waals surface area (Å²) in [5.74, 6) is 1.03. The van der Waals surface area contributed by atoms with E-state index in [0.29, 0.717) is 56.1 Å². The van der Waals surface area contributed by atoms with Crippen molar-refractivity contribution in [1.29, 1.82) is 0 Å². The second kappa shape index (κ2) is 10.6. The Morgan fingerprint density at radius 2 is 1.77 bits per heavy atom. The van der Waals surface area contributed by atoms with Crippen molar-refractivity contribution in [3.63, 3.8) is 0 Å². The van der Waals surface area contributed by atoms with E-state index in [1.807, 2.05) is 12.1 Å². The van der Waals surface area contributed by atoms with Crippen LogP contribution in [0.15, 0.2) is 43.0 Å². The molecule has 35 heavy (non-hydrogen) atoms. The number of anilines is 3. The smallest absolute Gasteiger partial charge is 0.323 e. The Bertz CT molecular complexity index is 1140. The van der Waals surface area contributed by atoms with Crippen LogP contribution in [0.5, 0.6) is 6.01 Å². The van der Waals surface area contributed by atoms with E-state index in [-0.39, 0.29) is 18.2 Å². The zero-order valence-corrected chi connectivity index (χ0v) is 19.3. The van der Waals surface area contributed by atoms with Crippen molar-refractivity contribution in [2.75, 3.05) is 48.5 Å². The average molecular weight is 479 g/mol. The summed E-state index contributed by atoms with van der Waals surface area (Å²) in [7, 11) is 0. The number of nitrogens with zero attached hydrogens (tertiary/aromatic N) is 6. The van der Waals surface area contributed by atoms with E-state index in [9.17, 15) is 4.79 Å². The van der Waals surface area contributed by atoms with E-state index in [1.165, 1.54) is 18.7 Å². The molecule has 12 nitrogen and oxygen atoms in total. The molecule has 2 saturated heterocycles. The standard InChI is InChI=1S/C23H26N8O4/c1-15-12-34-9-7-31(15)21-28-20(29-23(30-21)35-19-6-8-33-13-19)16-2-4-17(5-3-16)26-22(32)27-18-10-24-14-25-11-18/h2-5,10-11,14-15,19H,6-9,12-13H2,1H3,(H2,26,27,32). The molecule has 0 radical (unpaired) electrons. The summed E-state index contributed by atoms with van der Waals surface area (Å²) in [5.41, 5.74) is 1.88. The largest absolute Gasteiger partial charge is 0.457 e. The Kier molecular flexibility index (Phi) is 6.91. The Morgan fingerprint density at radius 3 is 2.51 bits per heavy atom. The molecule has 2 aliphatic rings. The van der Waals surface area contributed by atoms with Crippen molar-refractivity contribution in [2.24, 2.45) is 0 Å². The van der Waals surface area contributed by atoms with Crippen molar-refractivity contribution >= 4 is 23.4 Å². The predicted octanol–water partition coefficient (Wildman–Crippen LogP) is 2.37. The molecule has 0 bridgehead atoms. The number of benzene rings is 1. The van der Waals surface area contributed by atoms with Gasteiger partial charge in [0.1, 0.15) is 12.4 Å². The Hall–Kier alpha value is -3.90. The van der Waals surface area contributed by atoms with Crippen LogP contribution in [0.3, 0.4) is 0 Å². The summed E-state index contributed by atoms with van der Waals surface area (Å²) in [5, 5.41) is 5.45. The number of rotatable bonds is 6. The Labute approximate surface area is 202 Å². The maximum absolute atomic E-state index is 12.2. The fourth-order valence-electron chi connectivity index (χ4n) is 3.79. The van der Waals surface area contributed by atoms with Gasteiger partial charge in [0.05, 0.1) is 50.6 Å². The van der Waals surface area contributed by atoms with Gasteiger partial charge in [0.2, 0.25) is 5.95 Å². The topological polar surface area (TPSA) is 137 Å². The zero-order chi connectivity index (χ0) is 24.0. The molecule has 1 aromatic carbocycles. The van der Waals surface area contributed by atoms with Crippen LogP contribution in [0.2, 0.25) is 0 Å². The molecule has 2 aliphatic heterocycles. The predicted molar refractivity (Wildman–Crippen MR) is 127 cm³/mol. The summed E-state index contributed by atoms with van der Waals surface area (Å²) in [6.45, 7) is 5.14. The van der Waals surface area contributed by atoms with Gasteiger partial charge in [0.25, 0.3) is 0 Å². The fourth-order valence-corrected chi connectivity index (χ4v) is 3.79. The zero-order valence-electron chi connectivity index (χ0n) is 19.3. The molecule has 0 aliphatic carbocycles. The third-order valence-corrected chi connectivity index (χ3v) is 5.61. The molecule has 0 saturated carbocycles. The lowest BCUT2D eigenvalue weighted by Crippen LogP contribution is -2.44. The molecule has 182 valence electrons. The molecule has 12 heteroatoms. The first-order chi connectivity index (χ1) is 17.1. The van der Waals surface area contributed by atoms with Gasteiger partial charge in [-0.3, -0.25) is 0 Å². The number of morpholine rings is 1. The van der Waals surface area contributed by atoms with E-state index in [0.717, 1.165) is 12.0 Å². The highest BCUT2D eigenvalue weighted by atomic mass is 16.6. The number of amides is 2. The minimum atomic E-state index is -0.397. The highest BCUT2D eigenvalue weighted by Gasteiger charge is 2.25. The Morgan fingerprint density at radius 1 is 1.00 bits per heavy atom. The highest BCUT2D eigenvalue weighted by Crippen LogP contribution is 2.25. The average Bonchev–Trinajstić information content (AvgIpc) is 3.38. The number of carbonyl (C=O) groups excluding carboxylic acids is 1. The number of urea groups is 1.